The van der Waals surface area contributed by atoms with Gasteiger partial charge in [-0.1, -0.05) is 0 Å². The van der Waals surface area contributed by atoms with Crippen molar-refractivity contribution in [2.24, 2.45) is 0 Å². The van der Waals surface area contributed by atoms with Gasteiger partial charge in [-0.05, 0) is 24.1 Å². The van der Waals surface area contributed by atoms with Gasteiger partial charge >= 0.3 is 6.03 Å². The first-order chi connectivity index (χ1) is 11.2. The highest BCUT2D eigenvalue weighted by Crippen LogP contribution is 2.36. The number of H-pyrrole nitrogens is 1. The number of carbonyl (C=O) groups is 2. The monoisotopic (exact) mass is 316 g/mol. The lowest BCUT2D eigenvalue weighted by atomic mass is 10.0. The van der Waals surface area contributed by atoms with Crippen molar-refractivity contribution in [3.8, 4) is 5.75 Å². The number of hydrogen-bond donors (Lipinski definition) is 4. The van der Waals surface area contributed by atoms with E-state index in [9.17, 15) is 9.59 Å². The number of amides is 3. The summed E-state index contributed by atoms with van der Waals surface area (Å²) in [5.74, 6) is 0.712. The van der Waals surface area contributed by atoms with Crippen LogP contribution in [0.3, 0.4) is 0 Å². The van der Waals surface area contributed by atoms with E-state index in [1.807, 2.05) is 12.1 Å². The molecule has 0 saturated heterocycles. The molecule has 1 aliphatic heterocycles. The van der Waals surface area contributed by atoms with Crippen LogP contribution in [0.1, 0.15) is 21.6 Å². The Morgan fingerprint density at radius 2 is 2.09 bits per heavy atom. The van der Waals surface area contributed by atoms with Crippen molar-refractivity contribution >= 4 is 22.8 Å². The molecule has 1 aromatic carbocycles. The van der Waals surface area contributed by atoms with Crippen molar-refractivity contribution in [2.75, 3.05) is 27.2 Å². The molecular weight excluding hydrogens is 296 g/mol. The van der Waals surface area contributed by atoms with Gasteiger partial charge in [-0.25, -0.2) is 4.79 Å². The number of benzene rings is 1. The summed E-state index contributed by atoms with van der Waals surface area (Å²) in [6.45, 7) is 1.10. The van der Waals surface area contributed by atoms with Crippen molar-refractivity contribution in [3.05, 3.63) is 29.0 Å². The Morgan fingerprint density at radius 1 is 1.26 bits per heavy atom. The van der Waals surface area contributed by atoms with Crippen LogP contribution < -0.4 is 20.7 Å². The SMILES string of the molecule is CNC(=O)NCCc1c(C(=O)NC)[nH]c2ccc3c(c12)CCO3. The third-order valence-corrected chi connectivity index (χ3v) is 4.08. The molecule has 0 aliphatic carbocycles. The highest BCUT2D eigenvalue weighted by molar-refractivity contribution is 6.02. The molecule has 7 nitrogen and oxygen atoms in total. The summed E-state index contributed by atoms with van der Waals surface area (Å²) < 4.78 is 5.62. The van der Waals surface area contributed by atoms with Gasteiger partial charge in [0.05, 0.1) is 6.61 Å². The molecule has 2 heterocycles. The average molecular weight is 316 g/mol. The van der Waals surface area contributed by atoms with E-state index in [1.54, 1.807) is 14.1 Å². The summed E-state index contributed by atoms with van der Waals surface area (Å²) in [4.78, 5) is 26.7. The molecule has 1 aromatic heterocycles. The van der Waals surface area contributed by atoms with Crippen LogP contribution in [0, 0.1) is 0 Å². The number of carbonyl (C=O) groups excluding carboxylic acids is 2. The molecule has 1 aliphatic rings. The number of rotatable bonds is 4. The Balaban J connectivity index is 2.02. The average Bonchev–Trinajstić information content (AvgIpc) is 3.17. The van der Waals surface area contributed by atoms with E-state index in [-0.39, 0.29) is 11.9 Å². The number of nitrogens with one attached hydrogen (secondary N) is 4. The van der Waals surface area contributed by atoms with Crippen LogP contribution in [0.25, 0.3) is 10.9 Å². The van der Waals surface area contributed by atoms with E-state index in [1.165, 1.54) is 0 Å². The lowest BCUT2D eigenvalue weighted by Crippen LogP contribution is -2.34. The minimum Gasteiger partial charge on any atom is -0.493 e. The quantitative estimate of drug-likeness (QED) is 0.676. The molecular formula is C16H20N4O3. The number of aromatic nitrogens is 1. The van der Waals surface area contributed by atoms with Crippen molar-refractivity contribution in [1.29, 1.82) is 0 Å². The third kappa shape index (κ3) is 2.69. The maximum atomic E-state index is 12.2. The van der Waals surface area contributed by atoms with Gasteiger partial charge in [0.15, 0.2) is 0 Å². The third-order valence-electron chi connectivity index (χ3n) is 4.08. The maximum absolute atomic E-state index is 12.2. The molecule has 3 rings (SSSR count). The van der Waals surface area contributed by atoms with Gasteiger partial charge in [-0.3, -0.25) is 4.79 Å². The van der Waals surface area contributed by atoms with Gasteiger partial charge in [-0.2, -0.15) is 0 Å². The van der Waals surface area contributed by atoms with Gasteiger partial charge in [0.25, 0.3) is 5.91 Å². The van der Waals surface area contributed by atoms with Crippen LogP contribution in [0.4, 0.5) is 4.79 Å². The van der Waals surface area contributed by atoms with Gasteiger partial charge in [0.2, 0.25) is 0 Å². The number of aromatic amines is 1. The minimum absolute atomic E-state index is 0.163. The smallest absolute Gasteiger partial charge is 0.314 e. The van der Waals surface area contributed by atoms with Gasteiger partial charge in [-0.15, -0.1) is 0 Å². The second-order valence-corrected chi connectivity index (χ2v) is 5.38. The lowest BCUT2D eigenvalue weighted by molar-refractivity contribution is 0.0958. The van der Waals surface area contributed by atoms with Crippen LogP contribution in [0.5, 0.6) is 5.75 Å². The van der Waals surface area contributed by atoms with Gasteiger partial charge < -0.3 is 25.7 Å². The first kappa shape index (κ1) is 15.2. The summed E-state index contributed by atoms with van der Waals surface area (Å²) in [7, 11) is 3.18. The summed E-state index contributed by atoms with van der Waals surface area (Å²) in [6.07, 6.45) is 1.39. The molecule has 4 N–H and O–H groups in total. The molecule has 0 atom stereocenters. The minimum atomic E-state index is -0.236. The predicted octanol–water partition coefficient (Wildman–Crippen LogP) is 0.934. The Morgan fingerprint density at radius 3 is 2.83 bits per heavy atom. The Bertz CT molecular complexity index is 766. The predicted molar refractivity (Wildman–Crippen MR) is 87.1 cm³/mol. The van der Waals surface area contributed by atoms with Gasteiger partial charge in [0.1, 0.15) is 11.4 Å². The molecule has 0 fully saturated rings. The molecule has 2 aromatic rings. The Kier molecular flexibility index (Phi) is 4.10. The van der Waals surface area contributed by atoms with Crippen molar-refractivity contribution in [3.63, 3.8) is 0 Å². The normalized spacial score (nSPS) is 12.6. The van der Waals surface area contributed by atoms with E-state index in [0.717, 1.165) is 34.2 Å². The van der Waals surface area contributed by atoms with Crippen LogP contribution in [-0.4, -0.2) is 44.2 Å². The fourth-order valence-corrected chi connectivity index (χ4v) is 3.02. The zero-order valence-corrected chi connectivity index (χ0v) is 13.2. The summed E-state index contributed by atoms with van der Waals surface area (Å²) in [5, 5.41) is 8.97. The summed E-state index contributed by atoms with van der Waals surface area (Å²) in [6, 6.07) is 3.63. The molecule has 0 bridgehead atoms. The van der Waals surface area contributed by atoms with Crippen molar-refractivity contribution in [2.45, 2.75) is 12.8 Å². The van der Waals surface area contributed by atoms with E-state index in [4.69, 9.17) is 4.74 Å². The molecule has 0 unspecified atom stereocenters. The molecule has 0 spiro atoms. The molecule has 0 saturated carbocycles. The number of urea groups is 1. The molecule has 0 radical (unpaired) electrons. The topological polar surface area (TPSA) is 95.3 Å². The van der Waals surface area contributed by atoms with E-state index in [0.29, 0.717) is 25.3 Å². The first-order valence-electron chi connectivity index (χ1n) is 7.62. The van der Waals surface area contributed by atoms with Crippen molar-refractivity contribution in [1.82, 2.24) is 20.9 Å². The Labute approximate surface area is 133 Å². The maximum Gasteiger partial charge on any atom is 0.314 e. The highest BCUT2D eigenvalue weighted by Gasteiger charge is 2.23. The highest BCUT2D eigenvalue weighted by atomic mass is 16.5. The largest absolute Gasteiger partial charge is 0.493 e. The summed E-state index contributed by atoms with van der Waals surface area (Å²) in [5.41, 5.74) is 3.51. The number of hydrogen-bond acceptors (Lipinski definition) is 3. The van der Waals surface area contributed by atoms with Crippen molar-refractivity contribution < 1.29 is 14.3 Å². The standard InChI is InChI=1S/C16H20N4O3/c1-17-15(21)14-10(5-7-19-16(22)18-2)13-9-6-8-23-12(9)4-3-11(13)20-14/h3-4,20H,5-8H2,1-2H3,(H,17,21)(H2,18,19,22). The molecule has 3 amide bonds. The zero-order chi connectivity index (χ0) is 16.4. The van der Waals surface area contributed by atoms with Crippen LogP contribution in [-0.2, 0) is 12.8 Å². The van der Waals surface area contributed by atoms with Gasteiger partial charge in [0, 0.05) is 43.5 Å². The second kappa shape index (κ2) is 6.20. The fraction of sp³-hybridized carbons (Fsp3) is 0.375. The van der Waals surface area contributed by atoms with E-state index in [2.05, 4.69) is 20.9 Å². The fourth-order valence-electron chi connectivity index (χ4n) is 3.02. The van der Waals surface area contributed by atoms with E-state index < -0.39 is 0 Å². The van der Waals surface area contributed by atoms with Crippen LogP contribution in [0.2, 0.25) is 0 Å². The molecule has 7 heteroatoms. The second-order valence-electron chi connectivity index (χ2n) is 5.38. The van der Waals surface area contributed by atoms with E-state index >= 15 is 0 Å². The first-order valence-corrected chi connectivity index (χ1v) is 7.62. The van der Waals surface area contributed by atoms with Crippen LogP contribution in [0.15, 0.2) is 12.1 Å². The summed E-state index contributed by atoms with van der Waals surface area (Å²) >= 11 is 0. The Hall–Kier alpha value is -2.70. The zero-order valence-electron chi connectivity index (χ0n) is 13.2. The molecule has 122 valence electrons. The lowest BCUT2D eigenvalue weighted by Gasteiger charge is -2.07. The van der Waals surface area contributed by atoms with Crippen LogP contribution >= 0.6 is 0 Å². The number of ether oxygens (including phenoxy) is 1. The molecule has 23 heavy (non-hydrogen) atoms. The number of fused-ring (bicyclic) bond motifs is 3.